The van der Waals surface area contributed by atoms with E-state index in [1.165, 1.54) is 0 Å². The molecule has 5 heteroatoms. The summed E-state index contributed by atoms with van der Waals surface area (Å²) in [6, 6.07) is 8.40. The van der Waals surface area contributed by atoms with Crippen molar-refractivity contribution in [1.29, 1.82) is 0 Å². The number of benzene rings is 1. The van der Waals surface area contributed by atoms with E-state index in [-0.39, 0.29) is 6.03 Å². The monoisotopic (exact) mass is 261 g/mol. The zero-order valence-electron chi connectivity index (χ0n) is 10.9. The Labute approximate surface area is 112 Å². The maximum atomic E-state index is 11.6. The van der Waals surface area contributed by atoms with Crippen molar-refractivity contribution in [3.8, 4) is 0 Å². The molecule has 0 aliphatic carbocycles. The van der Waals surface area contributed by atoms with Crippen LogP contribution in [0.2, 0.25) is 0 Å². The SMILES string of the molecule is O=C1NCCN1c1ccc(NC2CCCOC2)cc1. The van der Waals surface area contributed by atoms with Crippen molar-refractivity contribution in [2.75, 3.05) is 36.5 Å². The van der Waals surface area contributed by atoms with Gasteiger partial charge in [0.1, 0.15) is 0 Å². The molecule has 19 heavy (non-hydrogen) atoms. The first-order valence-electron chi connectivity index (χ1n) is 6.83. The summed E-state index contributed by atoms with van der Waals surface area (Å²) in [4.78, 5) is 13.3. The fourth-order valence-corrected chi connectivity index (χ4v) is 2.55. The number of ether oxygens (including phenoxy) is 1. The average Bonchev–Trinajstić information content (AvgIpc) is 2.87. The van der Waals surface area contributed by atoms with Crippen LogP contribution in [0.1, 0.15) is 12.8 Å². The van der Waals surface area contributed by atoms with Crippen molar-refractivity contribution >= 4 is 17.4 Å². The third-order valence-corrected chi connectivity index (χ3v) is 3.57. The van der Waals surface area contributed by atoms with Crippen LogP contribution < -0.4 is 15.5 Å². The Morgan fingerprint density at radius 1 is 1.32 bits per heavy atom. The van der Waals surface area contributed by atoms with Crippen LogP contribution >= 0.6 is 0 Å². The average molecular weight is 261 g/mol. The molecule has 102 valence electrons. The Kier molecular flexibility index (Phi) is 3.55. The third-order valence-electron chi connectivity index (χ3n) is 3.57. The number of carbonyl (C=O) groups is 1. The second kappa shape index (κ2) is 5.48. The zero-order valence-corrected chi connectivity index (χ0v) is 10.9. The van der Waals surface area contributed by atoms with Gasteiger partial charge in [-0.1, -0.05) is 0 Å². The number of nitrogens with one attached hydrogen (secondary N) is 2. The predicted molar refractivity (Wildman–Crippen MR) is 74.7 cm³/mol. The fourth-order valence-electron chi connectivity index (χ4n) is 2.55. The number of carbonyl (C=O) groups excluding carboxylic acids is 1. The summed E-state index contributed by atoms with van der Waals surface area (Å²) >= 11 is 0. The van der Waals surface area contributed by atoms with Gasteiger partial charge in [0.25, 0.3) is 0 Å². The largest absolute Gasteiger partial charge is 0.380 e. The molecule has 1 aromatic carbocycles. The summed E-state index contributed by atoms with van der Waals surface area (Å²) in [6.07, 6.45) is 2.26. The molecule has 1 atom stereocenters. The van der Waals surface area contributed by atoms with Gasteiger partial charge in [0.15, 0.2) is 0 Å². The van der Waals surface area contributed by atoms with Crippen molar-refractivity contribution in [1.82, 2.24) is 5.32 Å². The van der Waals surface area contributed by atoms with E-state index < -0.39 is 0 Å². The van der Waals surface area contributed by atoms with E-state index in [0.717, 1.165) is 50.5 Å². The van der Waals surface area contributed by atoms with E-state index in [1.807, 2.05) is 24.3 Å². The Bertz CT molecular complexity index is 441. The van der Waals surface area contributed by atoms with Crippen LogP contribution in [0.4, 0.5) is 16.2 Å². The van der Waals surface area contributed by atoms with Gasteiger partial charge in [-0.3, -0.25) is 4.90 Å². The minimum Gasteiger partial charge on any atom is -0.380 e. The number of anilines is 2. The van der Waals surface area contributed by atoms with Crippen molar-refractivity contribution in [2.45, 2.75) is 18.9 Å². The molecule has 2 N–H and O–H groups in total. The molecule has 2 saturated heterocycles. The number of hydrogen-bond acceptors (Lipinski definition) is 3. The Balaban J connectivity index is 1.63. The van der Waals surface area contributed by atoms with Gasteiger partial charge in [0, 0.05) is 37.1 Å². The number of nitrogens with zero attached hydrogens (tertiary/aromatic N) is 1. The van der Waals surface area contributed by atoms with Crippen LogP contribution in [-0.2, 0) is 4.74 Å². The van der Waals surface area contributed by atoms with Crippen molar-refractivity contribution < 1.29 is 9.53 Å². The molecule has 5 nitrogen and oxygen atoms in total. The van der Waals surface area contributed by atoms with Crippen molar-refractivity contribution in [3.05, 3.63) is 24.3 Å². The third kappa shape index (κ3) is 2.81. The lowest BCUT2D eigenvalue weighted by atomic mass is 10.1. The highest BCUT2D eigenvalue weighted by molar-refractivity contribution is 5.94. The minimum absolute atomic E-state index is 0.0126. The molecule has 0 radical (unpaired) electrons. The molecule has 2 amide bonds. The lowest BCUT2D eigenvalue weighted by Gasteiger charge is -2.24. The Morgan fingerprint density at radius 2 is 2.16 bits per heavy atom. The molecule has 0 bridgehead atoms. The Morgan fingerprint density at radius 3 is 2.79 bits per heavy atom. The predicted octanol–water partition coefficient (Wildman–Crippen LogP) is 1.81. The maximum absolute atomic E-state index is 11.6. The summed E-state index contributed by atoms with van der Waals surface area (Å²) in [5.41, 5.74) is 2.03. The first-order chi connectivity index (χ1) is 9.33. The van der Waals surface area contributed by atoms with E-state index in [4.69, 9.17) is 4.74 Å². The Hall–Kier alpha value is -1.75. The van der Waals surface area contributed by atoms with Gasteiger partial charge in [-0.05, 0) is 37.1 Å². The van der Waals surface area contributed by atoms with E-state index in [1.54, 1.807) is 4.90 Å². The maximum Gasteiger partial charge on any atom is 0.321 e. The fraction of sp³-hybridized carbons (Fsp3) is 0.500. The molecule has 0 aromatic heterocycles. The van der Waals surface area contributed by atoms with E-state index >= 15 is 0 Å². The summed E-state index contributed by atoms with van der Waals surface area (Å²) < 4.78 is 5.45. The highest BCUT2D eigenvalue weighted by Crippen LogP contribution is 2.21. The summed E-state index contributed by atoms with van der Waals surface area (Å²) in [5.74, 6) is 0. The quantitative estimate of drug-likeness (QED) is 0.872. The minimum atomic E-state index is -0.0126. The van der Waals surface area contributed by atoms with Gasteiger partial charge < -0.3 is 15.4 Å². The molecule has 1 unspecified atom stereocenters. The molecule has 0 saturated carbocycles. The van der Waals surface area contributed by atoms with Gasteiger partial charge in [0.2, 0.25) is 0 Å². The van der Waals surface area contributed by atoms with Crippen LogP contribution in [0.5, 0.6) is 0 Å². The summed E-state index contributed by atoms with van der Waals surface area (Å²) in [7, 11) is 0. The summed E-state index contributed by atoms with van der Waals surface area (Å²) in [6.45, 7) is 3.11. The molecule has 2 aliphatic rings. The molecular formula is C14H19N3O2. The van der Waals surface area contributed by atoms with Crippen LogP contribution in [0.25, 0.3) is 0 Å². The molecule has 1 aromatic rings. The number of rotatable bonds is 3. The van der Waals surface area contributed by atoms with E-state index in [9.17, 15) is 4.79 Å². The molecule has 3 rings (SSSR count). The molecular weight excluding hydrogens is 242 g/mol. The van der Waals surface area contributed by atoms with Gasteiger partial charge in [-0.2, -0.15) is 0 Å². The lowest BCUT2D eigenvalue weighted by molar-refractivity contribution is 0.0876. The van der Waals surface area contributed by atoms with Crippen molar-refractivity contribution in [3.63, 3.8) is 0 Å². The van der Waals surface area contributed by atoms with E-state index in [0.29, 0.717) is 6.04 Å². The molecule has 2 aliphatic heterocycles. The lowest BCUT2D eigenvalue weighted by Crippen LogP contribution is -2.30. The number of urea groups is 1. The second-order valence-corrected chi connectivity index (χ2v) is 4.99. The standard InChI is InChI=1S/C14H19N3O2/c18-14-15-7-8-17(14)13-5-3-11(4-6-13)16-12-2-1-9-19-10-12/h3-6,12,16H,1-2,7-10H2,(H,15,18). The van der Waals surface area contributed by atoms with Crippen LogP contribution in [0.15, 0.2) is 24.3 Å². The van der Waals surface area contributed by atoms with Crippen LogP contribution in [-0.4, -0.2) is 38.4 Å². The van der Waals surface area contributed by atoms with Gasteiger partial charge in [-0.15, -0.1) is 0 Å². The first-order valence-corrected chi connectivity index (χ1v) is 6.83. The molecule has 2 heterocycles. The highest BCUT2D eigenvalue weighted by atomic mass is 16.5. The van der Waals surface area contributed by atoms with Gasteiger partial charge >= 0.3 is 6.03 Å². The first kappa shape index (κ1) is 12.3. The summed E-state index contributed by atoms with van der Waals surface area (Å²) in [5, 5.41) is 6.27. The highest BCUT2D eigenvalue weighted by Gasteiger charge is 2.21. The van der Waals surface area contributed by atoms with E-state index in [2.05, 4.69) is 10.6 Å². The molecule has 0 spiro atoms. The van der Waals surface area contributed by atoms with Crippen LogP contribution in [0, 0.1) is 0 Å². The van der Waals surface area contributed by atoms with Gasteiger partial charge in [0.05, 0.1) is 6.61 Å². The zero-order chi connectivity index (χ0) is 13.1. The topological polar surface area (TPSA) is 53.6 Å². The normalized spacial score (nSPS) is 23.3. The van der Waals surface area contributed by atoms with Crippen LogP contribution in [0.3, 0.4) is 0 Å². The molecule has 2 fully saturated rings. The number of hydrogen-bond donors (Lipinski definition) is 2. The number of amides is 2. The van der Waals surface area contributed by atoms with Gasteiger partial charge in [-0.25, -0.2) is 4.79 Å². The second-order valence-electron chi connectivity index (χ2n) is 4.99. The van der Waals surface area contributed by atoms with Crippen molar-refractivity contribution in [2.24, 2.45) is 0 Å². The smallest absolute Gasteiger partial charge is 0.321 e.